The zero-order valence-electron chi connectivity index (χ0n) is 7.79. The number of hydrogen-bond donors (Lipinski definition) is 9. The summed E-state index contributed by atoms with van der Waals surface area (Å²) in [4.78, 5) is 13.7. The second-order valence-electron chi connectivity index (χ2n) is 3.34. The van der Waals surface area contributed by atoms with Gasteiger partial charge in [0, 0.05) is 0 Å². The highest BCUT2D eigenvalue weighted by Gasteiger charge is 2.87. The lowest BCUT2D eigenvalue weighted by Gasteiger charge is -2.34. The van der Waals surface area contributed by atoms with E-state index in [2.05, 4.69) is 4.89 Å². The maximum Gasteiger partial charge on any atom is 0.396 e. The Labute approximate surface area is 91.3 Å². The monoisotopic (exact) mass is 259 g/mol. The number of hydroxylamine groups is 2. The first-order valence-corrected chi connectivity index (χ1v) is 3.80. The largest absolute Gasteiger partial charge is 0.396 e. The smallest absolute Gasteiger partial charge is 0.360 e. The minimum absolute atomic E-state index is 1.32. The van der Waals surface area contributed by atoms with E-state index in [-0.39, 0.29) is 0 Å². The van der Waals surface area contributed by atoms with E-state index in [1.54, 1.807) is 0 Å². The zero-order chi connectivity index (χ0) is 13.9. The van der Waals surface area contributed by atoms with Crippen molar-refractivity contribution in [2.45, 2.75) is 23.2 Å². The van der Waals surface area contributed by atoms with Gasteiger partial charge in [-0.05, 0) is 0 Å². The number of hydrogen-bond acceptors (Lipinski definition) is 12. The molecule has 0 aliphatic carbocycles. The standard InChI is InChI=1S/C5H9NO11/c7-1(17-16)2(8)3(9,10)4(11,12)5(13,14)6(2)15/h8-16H/t2-/m0/s1. The minimum atomic E-state index is -4.42. The maximum atomic E-state index is 10.8. The van der Waals surface area contributed by atoms with Crippen LogP contribution in [-0.4, -0.2) is 80.5 Å². The van der Waals surface area contributed by atoms with E-state index in [0.717, 1.165) is 0 Å². The van der Waals surface area contributed by atoms with Gasteiger partial charge in [0.2, 0.25) is 0 Å². The van der Waals surface area contributed by atoms with Gasteiger partial charge in [0.1, 0.15) is 0 Å². The molecule has 1 heterocycles. The Morgan fingerprint density at radius 2 is 1.35 bits per heavy atom. The Morgan fingerprint density at radius 3 is 1.59 bits per heavy atom. The van der Waals surface area contributed by atoms with Crippen molar-refractivity contribution in [1.82, 2.24) is 5.06 Å². The molecule has 0 radical (unpaired) electrons. The van der Waals surface area contributed by atoms with Gasteiger partial charge in [-0.1, -0.05) is 5.06 Å². The highest BCUT2D eigenvalue weighted by Crippen LogP contribution is 2.47. The molecule has 100 valence electrons. The molecule has 0 bridgehead atoms. The van der Waals surface area contributed by atoms with Crippen LogP contribution in [-0.2, 0) is 9.68 Å². The van der Waals surface area contributed by atoms with Crippen molar-refractivity contribution >= 4 is 5.97 Å². The maximum absolute atomic E-state index is 10.8. The number of carbonyl (C=O) groups excluding carboxylic acids is 1. The molecule has 1 aliphatic rings. The third-order valence-electron chi connectivity index (χ3n) is 2.41. The molecule has 12 nitrogen and oxygen atoms in total. The summed E-state index contributed by atoms with van der Waals surface area (Å²) in [5.41, 5.74) is -4.19. The van der Waals surface area contributed by atoms with Crippen molar-refractivity contribution in [1.29, 1.82) is 0 Å². The van der Waals surface area contributed by atoms with Crippen LogP contribution < -0.4 is 0 Å². The van der Waals surface area contributed by atoms with E-state index in [0.29, 0.717) is 0 Å². The van der Waals surface area contributed by atoms with Crippen molar-refractivity contribution in [3.8, 4) is 0 Å². The fourth-order valence-corrected chi connectivity index (χ4v) is 1.29. The number of aliphatic hydroxyl groups is 7. The van der Waals surface area contributed by atoms with Crippen LogP contribution >= 0.6 is 0 Å². The lowest BCUT2D eigenvalue weighted by atomic mass is 9.98. The summed E-state index contributed by atoms with van der Waals surface area (Å²) in [5.74, 6) is -15.5. The molecule has 0 aromatic heterocycles. The molecule has 0 saturated carbocycles. The summed E-state index contributed by atoms with van der Waals surface area (Å²) in [7, 11) is 0. The molecule has 0 spiro atoms. The van der Waals surface area contributed by atoms with Crippen LogP contribution in [0.1, 0.15) is 0 Å². The van der Waals surface area contributed by atoms with Crippen LogP contribution in [0.25, 0.3) is 0 Å². The molecule has 17 heavy (non-hydrogen) atoms. The predicted molar refractivity (Wildman–Crippen MR) is 38.8 cm³/mol. The molecule has 1 rings (SSSR count). The number of rotatable bonds is 1. The predicted octanol–water partition coefficient (Wildman–Crippen LogP) is -5.60. The molecule has 0 unspecified atom stereocenters. The summed E-state index contributed by atoms with van der Waals surface area (Å²) in [6.07, 6.45) is 0. The van der Waals surface area contributed by atoms with Crippen LogP contribution in [0.4, 0.5) is 0 Å². The van der Waals surface area contributed by atoms with E-state index in [1.165, 1.54) is 0 Å². The van der Waals surface area contributed by atoms with Crippen molar-refractivity contribution in [2.75, 3.05) is 0 Å². The van der Waals surface area contributed by atoms with Gasteiger partial charge in [-0.3, -0.25) is 4.89 Å². The Bertz CT molecular complexity index is 350. The van der Waals surface area contributed by atoms with E-state index in [9.17, 15) is 9.90 Å². The van der Waals surface area contributed by atoms with Gasteiger partial charge >= 0.3 is 17.6 Å². The number of carbonyl (C=O) groups is 1. The Hall–Kier alpha value is -0.930. The van der Waals surface area contributed by atoms with E-state index in [4.69, 9.17) is 41.1 Å². The Kier molecular flexibility index (Phi) is 2.74. The molecular formula is C5H9NO11. The topological polar surface area (TPSA) is 212 Å². The first kappa shape index (κ1) is 14.1. The first-order valence-electron chi connectivity index (χ1n) is 3.80. The van der Waals surface area contributed by atoms with E-state index < -0.39 is 34.2 Å². The molecule has 0 aromatic carbocycles. The van der Waals surface area contributed by atoms with E-state index in [1.807, 2.05) is 0 Å². The third-order valence-corrected chi connectivity index (χ3v) is 2.41. The quantitative estimate of drug-likeness (QED) is 0.122. The highest BCUT2D eigenvalue weighted by atomic mass is 17.1. The Morgan fingerprint density at radius 1 is 0.941 bits per heavy atom. The summed E-state index contributed by atoms with van der Waals surface area (Å²) in [6, 6.07) is 0. The van der Waals surface area contributed by atoms with Gasteiger partial charge in [0.15, 0.2) is 0 Å². The average Bonchev–Trinajstić information content (AvgIpc) is 2.29. The normalized spacial score (nSPS) is 34.6. The second-order valence-corrected chi connectivity index (χ2v) is 3.34. The highest BCUT2D eigenvalue weighted by molar-refractivity contribution is 5.80. The van der Waals surface area contributed by atoms with Crippen LogP contribution in [0.5, 0.6) is 0 Å². The molecule has 0 aromatic rings. The van der Waals surface area contributed by atoms with Gasteiger partial charge in [-0.15, -0.1) is 0 Å². The third kappa shape index (κ3) is 1.21. The van der Waals surface area contributed by atoms with Crippen molar-refractivity contribution in [2.24, 2.45) is 0 Å². The zero-order valence-corrected chi connectivity index (χ0v) is 7.79. The molecule has 1 saturated heterocycles. The van der Waals surface area contributed by atoms with Gasteiger partial charge in [0.05, 0.1) is 0 Å². The van der Waals surface area contributed by atoms with Crippen LogP contribution in [0.15, 0.2) is 0 Å². The fourth-order valence-electron chi connectivity index (χ4n) is 1.29. The lowest BCUT2D eigenvalue weighted by Crippen LogP contribution is -2.69. The summed E-state index contributed by atoms with van der Waals surface area (Å²) in [6.45, 7) is 0. The molecule has 0 amide bonds. The Balaban J connectivity index is 3.51. The summed E-state index contributed by atoms with van der Waals surface area (Å²) >= 11 is 0. The minimum Gasteiger partial charge on any atom is -0.360 e. The summed E-state index contributed by atoms with van der Waals surface area (Å²) < 4.78 is 0. The SMILES string of the molecule is O=C(OO)[C@@]1(O)N(O)C(O)(O)C(O)(O)C1(O)O. The molecule has 9 N–H and O–H groups in total. The van der Waals surface area contributed by atoms with Gasteiger partial charge in [-0.2, -0.15) is 5.26 Å². The van der Waals surface area contributed by atoms with Gasteiger partial charge in [-0.25, -0.2) is 4.79 Å². The van der Waals surface area contributed by atoms with Crippen LogP contribution in [0, 0.1) is 0 Å². The van der Waals surface area contributed by atoms with Crippen LogP contribution in [0.2, 0.25) is 0 Å². The van der Waals surface area contributed by atoms with Crippen molar-refractivity contribution < 1.29 is 55.9 Å². The van der Waals surface area contributed by atoms with Gasteiger partial charge < -0.3 is 41.0 Å². The van der Waals surface area contributed by atoms with E-state index >= 15 is 0 Å². The summed E-state index contributed by atoms with van der Waals surface area (Å²) in [5, 5.41) is 79.1. The second kappa shape index (κ2) is 3.30. The average molecular weight is 259 g/mol. The van der Waals surface area contributed by atoms with Crippen LogP contribution in [0.3, 0.4) is 0 Å². The molecule has 1 aliphatic heterocycles. The van der Waals surface area contributed by atoms with Crippen molar-refractivity contribution in [3.63, 3.8) is 0 Å². The first-order chi connectivity index (χ1) is 7.39. The fraction of sp³-hybridized carbons (Fsp3) is 0.800. The molecule has 1 atom stereocenters. The lowest BCUT2D eigenvalue weighted by molar-refractivity contribution is -0.461. The number of nitrogens with zero attached hydrogens (tertiary/aromatic N) is 1. The molecule has 12 heteroatoms. The van der Waals surface area contributed by atoms with Crippen molar-refractivity contribution in [3.05, 3.63) is 0 Å². The molecule has 1 fully saturated rings. The van der Waals surface area contributed by atoms with Gasteiger partial charge in [0.25, 0.3) is 11.6 Å². The molecular weight excluding hydrogens is 250 g/mol.